The summed E-state index contributed by atoms with van der Waals surface area (Å²) in [6.07, 6.45) is 9.20. The Morgan fingerprint density at radius 3 is 2.56 bits per heavy atom. The first kappa shape index (κ1) is 21.0. The van der Waals surface area contributed by atoms with Gasteiger partial charge >= 0.3 is 6.03 Å². The highest BCUT2D eigenvalue weighted by Crippen LogP contribution is 2.31. The second kappa shape index (κ2) is 9.32. The monoisotopic (exact) mass is 436 g/mol. The zero-order valence-electron chi connectivity index (χ0n) is 18.3. The number of carbonyl (C=O) groups is 2. The van der Waals surface area contributed by atoms with Crippen LogP contribution in [0.4, 0.5) is 10.6 Å². The minimum atomic E-state index is -0.496. The normalized spacial score (nSPS) is 26.1. The molecule has 32 heavy (non-hydrogen) atoms. The van der Waals surface area contributed by atoms with Gasteiger partial charge in [0.15, 0.2) is 6.29 Å². The van der Waals surface area contributed by atoms with Crippen LogP contribution in [0.5, 0.6) is 0 Å². The number of benzene rings is 1. The van der Waals surface area contributed by atoms with Crippen LogP contribution >= 0.6 is 0 Å². The number of fused-ring (bicyclic) bond motifs is 1. The van der Waals surface area contributed by atoms with Crippen molar-refractivity contribution in [2.24, 2.45) is 5.92 Å². The van der Waals surface area contributed by atoms with Crippen molar-refractivity contribution in [3.63, 3.8) is 0 Å². The highest BCUT2D eigenvalue weighted by molar-refractivity contribution is 5.89. The molecular formula is C24H32N6O2. The minimum Gasteiger partial charge on any atom is -0.335 e. The van der Waals surface area contributed by atoms with Crippen molar-refractivity contribution in [1.82, 2.24) is 25.7 Å². The third-order valence-corrected chi connectivity index (χ3v) is 6.99. The fourth-order valence-electron chi connectivity index (χ4n) is 5.28. The molecule has 3 atom stereocenters. The standard InChI is InChI=1S/C24H32N6O2/c31-22-18-13-7-8-14-19(18)26-23(28-22)30-21(15-20(29-30)16-9-3-1-4-10-16)27-24(32)25-17-11-5-2-6-12-17/h1,3-4,9-10,15,17-19,23,26H,2,5-8,11-14H2,(H,28,31)(H2,25,27,32). The molecule has 1 aromatic carbocycles. The van der Waals surface area contributed by atoms with E-state index in [1.54, 1.807) is 4.68 Å². The maximum Gasteiger partial charge on any atom is 0.320 e. The summed E-state index contributed by atoms with van der Waals surface area (Å²) in [5.74, 6) is 0.632. The number of nitrogens with one attached hydrogen (secondary N) is 4. The molecule has 0 radical (unpaired) electrons. The zero-order chi connectivity index (χ0) is 21.9. The van der Waals surface area contributed by atoms with E-state index in [2.05, 4.69) is 21.3 Å². The summed E-state index contributed by atoms with van der Waals surface area (Å²) in [7, 11) is 0. The van der Waals surface area contributed by atoms with Gasteiger partial charge in [0.25, 0.3) is 0 Å². The molecule has 0 bridgehead atoms. The lowest BCUT2D eigenvalue weighted by atomic mass is 9.83. The van der Waals surface area contributed by atoms with Crippen LogP contribution in [0.1, 0.15) is 64.1 Å². The molecule has 1 saturated heterocycles. The molecule has 3 aliphatic rings. The smallest absolute Gasteiger partial charge is 0.320 e. The molecule has 3 unspecified atom stereocenters. The first-order chi connectivity index (χ1) is 15.7. The number of hydrogen-bond donors (Lipinski definition) is 4. The summed E-state index contributed by atoms with van der Waals surface area (Å²) in [5, 5.41) is 17.5. The molecule has 1 aromatic heterocycles. The van der Waals surface area contributed by atoms with Gasteiger partial charge in [-0.3, -0.25) is 15.4 Å². The van der Waals surface area contributed by atoms with Crippen LogP contribution in [0.25, 0.3) is 11.3 Å². The molecule has 2 aromatic rings. The Morgan fingerprint density at radius 2 is 1.75 bits per heavy atom. The molecule has 5 rings (SSSR count). The van der Waals surface area contributed by atoms with Crippen molar-refractivity contribution in [3.8, 4) is 11.3 Å². The van der Waals surface area contributed by atoms with Gasteiger partial charge in [0.1, 0.15) is 5.82 Å². The Kier molecular flexibility index (Phi) is 6.12. The molecule has 0 spiro atoms. The predicted molar refractivity (Wildman–Crippen MR) is 123 cm³/mol. The molecule has 3 fully saturated rings. The first-order valence-corrected chi connectivity index (χ1v) is 12.0. The summed E-state index contributed by atoms with van der Waals surface area (Å²) in [6, 6.07) is 11.9. The fourth-order valence-corrected chi connectivity index (χ4v) is 5.28. The van der Waals surface area contributed by atoms with Gasteiger partial charge in [-0.05, 0) is 25.7 Å². The Bertz CT molecular complexity index is 953. The second-order valence-corrected chi connectivity index (χ2v) is 9.23. The number of hydrogen-bond acceptors (Lipinski definition) is 4. The summed E-state index contributed by atoms with van der Waals surface area (Å²) >= 11 is 0. The van der Waals surface area contributed by atoms with Crippen LogP contribution in [0.2, 0.25) is 0 Å². The number of rotatable bonds is 4. The minimum absolute atomic E-state index is 0.00941. The number of urea groups is 1. The first-order valence-electron chi connectivity index (χ1n) is 12.0. The Morgan fingerprint density at radius 1 is 1.00 bits per heavy atom. The number of aromatic nitrogens is 2. The van der Waals surface area contributed by atoms with E-state index in [-0.39, 0.29) is 29.9 Å². The molecule has 3 amide bonds. The van der Waals surface area contributed by atoms with Gasteiger partial charge in [0, 0.05) is 23.7 Å². The third-order valence-electron chi connectivity index (χ3n) is 6.99. The van der Waals surface area contributed by atoms with Crippen molar-refractivity contribution < 1.29 is 9.59 Å². The van der Waals surface area contributed by atoms with E-state index in [9.17, 15) is 9.59 Å². The quantitative estimate of drug-likeness (QED) is 0.587. The van der Waals surface area contributed by atoms with Crippen molar-refractivity contribution >= 4 is 17.8 Å². The van der Waals surface area contributed by atoms with Gasteiger partial charge in [-0.25, -0.2) is 9.48 Å². The molecule has 8 heteroatoms. The van der Waals surface area contributed by atoms with Gasteiger partial charge in [-0.1, -0.05) is 62.4 Å². The van der Waals surface area contributed by atoms with E-state index in [4.69, 9.17) is 5.10 Å². The number of amides is 3. The van der Waals surface area contributed by atoms with Crippen molar-refractivity contribution in [2.75, 3.05) is 5.32 Å². The topological polar surface area (TPSA) is 100 Å². The maximum absolute atomic E-state index is 12.8. The Labute approximate surface area is 188 Å². The molecule has 2 saturated carbocycles. The maximum atomic E-state index is 12.8. The fraction of sp³-hybridized carbons (Fsp3) is 0.542. The van der Waals surface area contributed by atoms with E-state index in [1.165, 1.54) is 6.42 Å². The average Bonchev–Trinajstić information content (AvgIpc) is 3.24. The van der Waals surface area contributed by atoms with Crippen molar-refractivity contribution in [2.45, 2.75) is 76.2 Å². The van der Waals surface area contributed by atoms with Crippen LogP contribution in [0.15, 0.2) is 36.4 Å². The molecule has 2 heterocycles. The molecule has 8 nitrogen and oxygen atoms in total. The van der Waals surface area contributed by atoms with Crippen LogP contribution in [-0.4, -0.2) is 33.8 Å². The molecule has 170 valence electrons. The molecule has 2 aliphatic carbocycles. The molecule has 4 N–H and O–H groups in total. The summed E-state index contributed by atoms with van der Waals surface area (Å²) < 4.78 is 1.70. The van der Waals surface area contributed by atoms with Crippen LogP contribution in [0, 0.1) is 5.92 Å². The van der Waals surface area contributed by atoms with Crippen molar-refractivity contribution in [1.29, 1.82) is 0 Å². The summed E-state index contributed by atoms with van der Waals surface area (Å²) in [5.41, 5.74) is 1.71. The average molecular weight is 437 g/mol. The van der Waals surface area contributed by atoms with Crippen LogP contribution in [0.3, 0.4) is 0 Å². The Balaban J connectivity index is 1.39. The summed E-state index contributed by atoms with van der Waals surface area (Å²) in [6.45, 7) is 0. The van der Waals surface area contributed by atoms with E-state index in [0.717, 1.165) is 62.6 Å². The van der Waals surface area contributed by atoms with Gasteiger partial charge in [0.2, 0.25) is 5.91 Å². The van der Waals surface area contributed by atoms with E-state index in [1.807, 2.05) is 36.4 Å². The Hall–Kier alpha value is -2.87. The number of carbonyl (C=O) groups excluding carboxylic acids is 2. The third kappa shape index (κ3) is 4.50. The highest BCUT2D eigenvalue weighted by atomic mass is 16.2. The van der Waals surface area contributed by atoms with Gasteiger partial charge in [0.05, 0.1) is 11.6 Å². The van der Waals surface area contributed by atoms with E-state index in [0.29, 0.717) is 5.82 Å². The van der Waals surface area contributed by atoms with Crippen LogP contribution < -0.4 is 21.3 Å². The predicted octanol–water partition coefficient (Wildman–Crippen LogP) is 3.74. The van der Waals surface area contributed by atoms with E-state index < -0.39 is 6.29 Å². The van der Waals surface area contributed by atoms with E-state index >= 15 is 0 Å². The van der Waals surface area contributed by atoms with Gasteiger partial charge in [-0.15, -0.1) is 0 Å². The lowest BCUT2D eigenvalue weighted by Crippen LogP contribution is -2.59. The number of nitrogens with zero attached hydrogens (tertiary/aromatic N) is 2. The largest absolute Gasteiger partial charge is 0.335 e. The zero-order valence-corrected chi connectivity index (χ0v) is 18.3. The van der Waals surface area contributed by atoms with Crippen LogP contribution in [-0.2, 0) is 4.79 Å². The van der Waals surface area contributed by atoms with Crippen molar-refractivity contribution in [3.05, 3.63) is 36.4 Å². The number of anilines is 1. The lowest BCUT2D eigenvalue weighted by molar-refractivity contribution is -0.132. The van der Waals surface area contributed by atoms with Gasteiger partial charge in [-0.2, -0.15) is 5.10 Å². The van der Waals surface area contributed by atoms with Gasteiger partial charge < -0.3 is 10.6 Å². The lowest BCUT2D eigenvalue weighted by Gasteiger charge is -2.40. The SMILES string of the molecule is O=C(Nc1cc(-c2ccccc2)nn1C1NC(=O)C2CCCCC2N1)NC1CCCCC1. The second-order valence-electron chi connectivity index (χ2n) is 9.23. The molecule has 1 aliphatic heterocycles. The highest BCUT2D eigenvalue weighted by Gasteiger charge is 2.39. The molecular weight excluding hydrogens is 404 g/mol. The summed E-state index contributed by atoms with van der Waals surface area (Å²) in [4.78, 5) is 25.6.